The number of hydrogen-bond acceptors (Lipinski definition) is 7. The second-order valence-corrected chi connectivity index (χ2v) is 8.89. The molecule has 1 amide bonds. The molecule has 0 aromatic carbocycles. The smallest absolute Gasteiger partial charge is 0.230 e. The maximum absolute atomic E-state index is 12.1. The zero-order valence-corrected chi connectivity index (χ0v) is 14.8. The van der Waals surface area contributed by atoms with E-state index in [-0.39, 0.29) is 5.91 Å². The SMILES string of the molecule is O=C(CSc1nnc(NC2CC2)s1)NC1CCN(C2CC2)CC1. The molecule has 0 radical (unpaired) electrons. The van der Waals surface area contributed by atoms with E-state index >= 15 is 0 Å². The third kappa shape index (κ3) is 4.58. The summed E-state index contributed by atoms with van der Waals surface area (Å²) in [4.78, 5) is 14.7. The molecule has 23 heavy (non-hydrogen) atoms. The highest BCUT2D eigenvalue weighted by Crippen LogP contribution is 2.31. The Morgan fingerprint density at radius 3 is 2.61 bits per heavy atom. The van der Waals surface area contributed by atoms with Gasteiger partial charge in [-0.05, 0) is 38.5 Å². The average molecular weight is 354 g/mol. The molecule has 3 aliphatic rings. The van der Waals surface area contributed by atoms with Gasteiger partial charge in [0.05, 0.1) is 5.75 Å². The van der Waals surface area contributed by atoms with E-state index < -0.39 is 0 Å². The number of thioether (sulfide) groups is 1. The summed E-state index contributed by atoms with van der Waals surface area (Å²) in [6.45, 7) is 2.27. The lowest BCUT2D eigenvalue weighted by molar-refractivity contribution is -0.119. The van der Waals surface area contributed by atoms with Crippen LogP contribution in [0.5, 0.6) is 0 Å². The Labute approximate surface area is 144 Å². The van der Waals surface area contributed by atoms with Crippen LogP contribution in [0.15, 0.2) is 4.34 Å². The minimum atomic E-state index is 0.117. The van der Waals surface area contributed by atoms with Gasteiger partial charge in [-0.1, -0.05) is 23.1 Å². The highest BCUT2D eigenvalue weighted by Gasteiger charge is 2.32. The number of piperidine rings is 1. The minimum absolute atomic E-state index is 0.117. The number of carbonyl (C=O) groups is 1. The Kier molecular flexibility index (Phi) is 4.73. The van der Waals surface area contributed by atoms with Gasteiger partial charge < -0.3 is 15.5 Å². The summed E-state index contributed by atoms with van der Waals surface area (Å²) in [5, 5.41) is 15.6. The second-order valence-electron chi connectivity index (χ2n) is 6.69. The van der Waals surface area contributed by atoms with Gasteiger partial charge >= 0.3 is 0 Å². The topological polar surface area (TPSA) is 70.1 Å². The van der Waals surface area contributed by atoms with Crippen LogP contribution in [0, 0.1) is 0 Å². The number of rotatable bonds is 7. The Bertz CT molecular complexity index is 550. The predicted molar refractivity (Wildman–Crippen MR) is 93.0 cm³/mol. The number of nitrogens with one attached hydrogen (secondary N) is 2. The van der Waals surface area contributed by atoms with Crippen LogP contribution < -0.4 is 10.6 Å². The van der Waals surface area contributed by atoms with E-state index in [0.29, 0.717) is 17.8 Å². The molecule has 1 aromatic heterocycles. The number of nitrogens with zero attached hydrogens (tertiary/aromatic N) is 3. The van der Waals surface area contributed by atoms with Crippen molar-refractivity contribution in [2.45, 2.75) is 61.0 Å². The van der Waals surface area contributed by atoms with Crippen molar-refractivity contribution >= 4 is 34.1 Å². The highest BCUT2D eigenvalue weighted by molar-refractivity contribution is 8.01. The van der Waals surface area contributed by atoms with Gasteiger partial charge in [-0.2, -0.15) is 0 Å². The van der Waals surface area contributed by atoms with Crippen LogP contribution in [0.3, 0.4) is 0 Å². The van der Waals surface area contributed by atoms with E-state index in [1.807, 2.05) is 0 Å². The fraction of sp³-hybridized carbons (Fsp3) is 0.800. The van der Waals surface area contributed by atoms with Crippen LogP contribution >= 0.6 is 23.1 Å². The van der Waals surface area contributed by atoms with E-state index in [0.717, 1.165) is 41.4 Å². The lowest BCUT2D eigenvalue weighted by Crippen LogP contribution is -2.45. The molecule has 0 unspecified atom stereocenters. The van der Waals surface area contributed by atoms with Crippen LogP contribution in [0.4, 0.5) is 5.13 Å². The fourth-order valence-corrected chi connectivity index (χ4v) is 4.61. The van der Waals surface area contributed by atoms with Gasteiger partial charge in [-0.15, -0.1) is 10.2 Å². The maximum Gasteiger partial charge on any atom is 0.230 e. The van der Waals surface area contributed by atoms with E-state index in [4.69, 9.17) is 0 Å². The Balaban J connectivity index is 1.16. The first-order chi connectivity index (χ1) is 11.3. The van der Waals surface area contributed by atoms with Crippen molar-refractivity contribution in [1.82, 2.24) is 20.4 Å². The quantitative estimate of drug-likeness (QED) is 0.730. The molecule has 3 fully saturated rings. The summed E-state index contributed by atoms with van der Waals surface area (Å²) in [7, 11) is 0. The van der Waals surface area contributed by atoms with E-state index in [1.54, 1.807) is 11.3 Å². The van der Waals surface area contributed by atoms with Crippen molar-refractivity contribution in [1.29, 1.82) is 0 Å². The van der Waals surface area contributed by atoms with Crippen LogP contribution in [0.1, 0.15) is 38.5 Å². The van der Waals surface area contributed by atoms with E-state index in [9.17, 15) is 4.79 Å². The predicted octanol–water partition coefficient (Wildman–Crippen LogP) is 1.95. The molecular formula is C15H23N5OS2. The second kappa shape index (κ2) is 6.94. The summed E-state index contributed by atoms with van der Waals surface area (Å²) in [5.74, 6) is 0.549. The summed E-state index contributed by atoms with van der Waals surface area (Å²) < 4.78 is 0.867. The van der Waals surface area contributed by atoms with E-state index in [2.05, 4.69) is 25.7 Å². The Morgan fingerprint density at radius 1 is 1.13 bits per heavy atom. The van der Waals surface area contributed by atoms with Crippen LogP contribution in [-0.2, 0) is 4.79 Å². The van der Waals surface area contributed by atoms with Crippen LogP contribution in [0.2, 0.25) is 0 Å². The van der Waals surface area contributed by atoms with Crippen molar-refractivity contribution in [3.63, 3.8) is 0 Å². The largest absolute Gasteiger partial charge is 0.357 e. The molecular weight excluding hydrogens is 330 g/mol. The van der Waals surface area contributed by atoms with Crippen molar-refractivity contribution in [2.24, 2.45) is 0 Å². The molecule has 0 atom stereocenters. The number of likely N-dealkylation sites (tertiary alicyclic amines) is 1. The average Bonchev–Trinajstić information content (AvgIpc) is 3.46. The Morgan fingerprint density at radius 2 is 1.91 bits per heavy atom. The molecule has 2 aliphatic carbocycles. The normalized spacial score (nSPS) is 23.0. The summed E-state index contributed by atoms with van der Waals surface area (Å²) in [5.41, 5.74) is 0. The van der Waals surface area contributed by atoms with Gasteiger partial charge in [0, 0.05) is 31.2 Å². The molecule has 0 spiro atoms. The molecule has 4 rings (SSSR count). The number of hydrogen-bond donors (Lipinski definition) is 2. The number of carbonyl (C=O) groups excluding carboxylic acids is 1. The molecule has 1 aromatic rings. The molecule has 0 bridgehead atoms. The Hall–Kier alpha value is -0.860. The third-order valence-electron chi connectivity index (χ3n) is 4.60. The fourth-order valence-electron chi connectivity index (χ4n) is 2.97. The molecule has 126 valence electrons. The first kappa shape index (κ1) is 15.7. The molecule has 1 aliphatic heterocycles. The van der Waals surface area contributed by atoms with Crippen molar-refractivity contribution < 1.29 is 4.79 Å². The molecule has 6 nitrogen and oxygen atoms in total. The third-order valence-corrected chi connectivity index (χ3v) is 6.58. The molecule has 1 saturated heterocycles. The lowest BCUT2D eigenvalue weighted by atomic mass is 10.1. The summed E-state index contributed by atoms with van der Waals surface area (Å²) in [6, 6.07) is 1.78. The molecule has 2 N–H and O–H groups in total. The standard InChI is InChI=1S/C15H23N5OS2/c21-13(16-11-5-7-20(8-6-11)12-3-4-12)9-22-15-19-18-14(23-15)17-10-1-2-10/h10-12H,1-9H2,(H,16,21)(H,17,18). The van der Waals surface area contributed by atoms with Crippen molar-refractivity contribution in [3.05, 3.63) is 0 Å². The lowest BCUT2D eigenvalue weighted by Gasteiger charge is -2.32. The first-order valence-corrected chi connectivity index (χ1v) is 10.3. The van der Waals surface area contributed by atoms with Crippen LogP contribution in [0.25, 0.3) is 0 Å². The number of aromatic nitrogens is 2. The molecule has 2 heterocycles. The highest BCUT2D eigenvalue weighted by atomic mass is 32.2. The van der Waals surface area contributed by atoms with Gasteiger partial charge in [-0.3, -0.25) is 4.79 Å². The van der Waals surface area contributed by atoms with Gasteiger partial charge in [0.1, 0.15) is 0 Å². The van der Waals surface area contributed by atoms with Crippen molar-refractivity contribution in [3.8, 4) is 0 Å². The van der Waals surface area contributed by atoms with Crippen molar-refractivity contribution in [2.75, 3.05) is 24.2 Å². The van der Waals surface area contributed by atoms with Gasteiger partial charge in [0.15, 0.2) is 4.34 Å². The first-order valence-electron chi connectivity index (χ1n) is 8.52. The number of anilines is 1. The summed E-state index contributed by atoms with van der Waals surface area (Å²) >= 11 is 3.03. The van der Waals surface area contributed by atoms with Gasteiger partial charge in [0.2, 0.25) is 11.0 Å². The van der Waals surface area contributed by atoms with E-state index in [1.165, 1.54) is 37.4 Å². The minimum Gasteiger partial charge on any atom is -0.357 e. The van der Waals surface area contributed by atoms with Crippen LogP contribution in [-0.4, -0.2) is 58.0 Å². The summed E-state index contributed by atoms with van der Waals surface area (Å²) in [6.07, 6.45) is 7.36. The number of amides is 1. The zero-order chi connectivity index (χ0) is 15.6. The maximum atomic E-state index is 12.1. The molecule has 2 saturated carbocycles. The monoisotopic (exact) mass is 353 g/mol. The van der Waals surface area contributed by atoms with Gasteiger partial charge in [0.25, 0.3) is 0 Å². The zero-order valence-electron chi connectivity index (χ0n) is 13.2. The van der Waals surface area contributed by atoms with Gasteiger partial charge in [-0.25, -0.2) is 0 Å². The molecule has 8 heteroatoms.